The van der Waals surface area contributed by atoms with Crippen molar-refractivity contribution in [2.45, 2.75) is 32.2 Å². The SMILES string of the molecule is Cn1ccc(CNC(=O)C2CCCCC2CN)n1. The molecule has 100 valence electrons. The first-order valence-corrected chi connectivity index (χ1v) is 6.67. The Morgan fingerprint density at radius 3 is 3.00 bits per heavy atom. The van der Waals surface area contributed by atoms with E-state index < -0.39 is 0 Å². The third-order valence-corrected chi connectivity index (χ3v) is 3.76. The van der Waals surface area contributed by atoms with Crippen molar-refractivity contribution in [2.24, 2.45) is 24.6 Å². The Balaban J connectivity index is 1.86. The largest absolute Gasteiger partial charge is 0.350 e. The number of carbonyl (C=O) groups excluding carboxylic acids is 1. The van der Waals surface area contributed by atoms with Crippen LogP contribution in [-0.4, -0.2) is 22.2 Å². The predicted octanol–water partition coefficient (Wildman–Crippen LogP) is 0.801. The average Bonchev–Trinajstić information content (AvgIpc) is 2.81. The van der Waals surface area contributed by atoms with Crippen molar-refractivity contribution in [1.29, 1.82) is 0 Å². The number of nitrogens with two attached hydrogens (primary N) is 1. The Kier molecular flexibility index (Phi) is 4.36. The van der Waals surface area contributed by atoms with Crippen molar-refractivity contribution < 1.29 is 4.79 Å². The lowest BCUT2D eigenvalue weighted by atomic mass is 9.79. The minimum atomic E-state index is 0.0902. The highest BCUT2D eigenvalue weighted by atomic mass is 16.1. The second kappa shape index (κ2) is 6.00. The molecule has 1 amide bonds. The van der Waals surface area contributed by atoms with Crippen molar-refractivity contribution >= 4 is 5.91 Å². The topological polar surface area (TPSA) is 72.9 Å². The summed E-state index contributed by atoms with van der Waals surface area (Å²) in [6.07, 6.45) is 6.27. The highest BCUT2D eigenvalue weighted by molar-refractivity contribution is 5.79. The van der Waals surface area contributed by atoms with Crippen LogP contribution < -0.4 is 11.1 Å². The monoisotopic (exact) mass is 250 g/mol. The van der Waals surface area contributed by atoms with E-state index >= 15 is 0 Å². The van der Waals surface area contributed by atoms with Crippen LogP contribution in [0, 0.1) is 11.8 Å². The van der Waals surface area contributed by atoms with Crippen LogP contribution in [0.15, 0.2) is 12.3 Å². The van der Waals surface area contributed by atoms with Crippen molar-refractivity contribution in [3.05, 3.63) is 18.0 Å². The summed E-state index contributed by atoms with van der Waals surface area (Å²) < 4.78 is 1.74. The number of carbonyl (C=O) groups is 1. The number of amides is 1. The van der Waals surface area contributed by atoms with Gasteiger partial charge in [0.1, 0.15) is 0 Å². The van der Waals surface area contributed by atoms with E-state index in [1.54, 1.807) is 4.68 Å². The van der Waals surface area contributed by atoms with Gasteiger partial charge in [0.15, 0.2) is 0 Å². The maximum absolute atomic E-state index is 12.1. The van der Waals surface area contributed by atoms with Crippen LogP contribution in [0.25, 0.3) is 0 Å². The molecule has 0 aliphatic heterocycles. The summed E-state index contributed by atoms with van der Waals surface area (Å²) in [6, 6.07) is 1.92. The van der Waals surface area contributed by atoms with E-state index in [2.05, 4.69) is 10.4 Å². The molecule has 0 spiro atoms. The first-order chi connectivity index (χ1) is 8.70. The zero-order valence-corrected chi connectivity index (χ0v) is 10.9. The van der Waals surface area contributed by atoms with Crippen molar-refractivity contribution in [3.8, 4) is 0 Å². The highest BCUT2D eigenvalue weighted by Gasteiger charge is 2.29. The maximum Gasteiger partial charge on any atom is 0.223 e. The van der Waals surface area contributed by atoms with Gasteiger partial charge in [-0.05, 0) is 31.4 Å². The Morgan fingerprint density at radius 1 is 1.56 bits per heavy atom. The van der Waals surface area contributed by atoms with Crippen LogP contribution in [-0.2, 0) is 18.4 Å². The molecule has 2 atom stereocenters. The molecule has 5 nitrogen and oxygen atoms in total. The minimum absolute atomic E-state index is 0.0902. The minimum Gasteiger partial charge on any atom is -0.350 e. The van der Waals surface area contributed by atoms with Crippen LogP contribution in [0.3, 0.4) is 0 Å². The molecule has 3 N–H and O–H groups in total. The van der Waals surface area contributed by atoms with Crippen LogP contribution in [0.4, 0.5) is 0 Å². The van der Waals surface area contributed by atoms with Gasteiger partial charge in [-0.3, -0.25) is 9.48 Å². The van der Waals surface area contributed by atoms with Crippen LogP contribution in [0.1, 0.15) is 31.4 Å². The summed E-state index contributed by atoms with van der Waals surface area (Å²) in [6.45, 7) is 1.12. The number of aryl methyl sites for hydroxylation is 1. The van der Waals surface area contributed by atoms with Crippen LogP contribution in [0.2, 0.25) is 0 Å². The van der Waals surface area contributed by atoms with Crippen molar-refractivity contribution in [2.75, 3.05) is 6.54 Å². The van der Waals surface area contributed by atoms with Gasteiger partial charge in [-0.1, -0.05) is 12.8 Å². The molecule has 1 aliphatic carbocycles. The van der Waals surface area contributed by atoms with Crippen molar-refractivity contribution in [3.63, 3.8) is 0 Å². The van der Waals surface area contributed by atoms with Crippen molar-refractivity contribution in [1.82, 2.24) is 15.1 Å². The molecule has 1 saturated carbocycles. The molecular formula is C13H22N4O. The first kappa shape index (κ1) is 13.1. The second-order valence-corrected chi connectivity index (χ2v) is 5.09. The molecule has 1 aromatic heterocycles. The smallest absolute Gasteiger partial charge is 0.223 e. The number of nitrogens with one attached hydrogen (secondary N) is 1. The lowest BCUT2D eigenvalue weighted by molar-refractivity contribution is -0.127. The summed E-state index contributed by atoms with van der Waals surface area (Å²) in [5, 5.41) is 7.22. The van der Waals surface area contributed by atoms with E-state index in [-0.39, 0.29) is 11.8 Å². The highest BCUT2D eigenvalue weighted by Crippen LogP contribution is 2.29. The van der Waals surface area contributed by atoms with Gasteiger partial charge in [0.2, 0.25) is 5.91 Å². The van der Waals surface area contributed by atoms with Gasteiger partial charge in [-0.15, -0.1) is 0 Å². The zero-order valence-electron chi connectivity index (χ0n) is 10.9. The Labute approximate surface area is 108 Å². The summed E-state index contributed by atoms with van der Waals surface area (Å²) in [5.74, 6) is 0.575. The van der Waals surface area contributed by atoms with Gasteiger partial charge in [-0.25, -0.2) is 0 Å². The van der Waals surface area contributed by atoms with Crippen LogP contribution in [0.5, 0.6) is 0 Å². The molecule has 0 radical (unpaired) electrons. The third kappa shape index (κ3) is 3.10. The fourth-order valence-electron chi connectivity index (χ4n) is 2.70. The normalized spacial score (nSPS) is 23.9. The van der Waals surface area contributed by atoms with E-state index in [1.807, 2.05) is 19.3 Å². The standard InChI is InChI=1S/C13H22N4O/c1-17-7-6-11(16-17)9-15-13(18)12-5-3-2-4-10(12)8-14/h6-7,10,12H,2-5,8-9,14H2,1H3,(H,15,18). The summed E-state index contributed by atoms with van der Waals surface area (Å²) in [5.41, 5.74) is 6.64. The summed E-state index contributed by atoms with van der Waals surface area (Å²) in [4.78, 5) is 12.1. The lowest BCUT2D eigenvalue weighted by Crippen LogP contribution is -2.39. The average molecular weight is 250 g/mol. The molecule has 1 heterocycles. The Bertz CT molecular complexity index is 401. The molecule has 1 aromatic rings. The summed E-state index contributed by atoms with van der Waals surface area (Å²) >= 11 is 0. The maximum atomic E-state index is 12.1. The van der Waals surface area contributed by atoms with Gasteiger partial charge in [0.05, 0.1) is 12.2 Å². The number of aromatic nitrogens is 2. The quantitative estimate of drug-likeness (QED) is 0.830. The zero-order chi connectivity index (χ0) is 13.0. The van der Waals surface area contributed by atoms with Gasteiger partial charge in [0, 0.05) is 19.2 Å². The number of nitrogens with zero attached hydrogens (tertiary/aromatic N) is 2. The third-order valence-electron chi connectivity index (χ3n) is 3.76. The predicted molar refractivity (Wildman–Crippen MR) is 69.6 cm³/mol. The molecular weight excluding hydrogens is 228 g/mol. The molecule has 0 saturated heterocycles. The van der Waals surface area contributed by atoms with Crippen LogP contribution >= 0.6 is 0 Å². The molecule has 1 aliphatic rings. The molecule has 1 fully saturated rings. The Hall–Kier alpha value is -1.36. The van der Waals surface area contributed by atoms with E-state index in [0.717, 1.165) is 25.0 Å². The molecule has 0 aromatic carbocycles. The first-order valence-electron chi connectivity index (χ1n) is 6.67. The van der Waals surface area contributed by atoms with E-state index in [4.69, 9.17) is 5.73 Å². The van der Waals surface area contributed by atoms with Gasteiger partial charge in [0.25, 0.3) is 0 Å². The van der Waals surface area contributed by atoms with E-state index in [0.29, 0.717) is 19.0 Å². The molecule has 2 rings (SSSR count). The number of rotatable bonds is 4. The van der Waals surface area contributed by atoms with Gasteiger partial charge < -0.3 is 11.1 Å². The fourth-order valence-corrected chi connectivity index (χ4v) is 2.70. The van der Waals surface area contributed by atoms with Gasteiger partial charge >= 0.3 is 0 Å². The second-order valence-electron chi connectivity index (χ2n) is 5.09. The molecule has 2 unspecified atom stereocenters. The van der Waals surface area contributed by atoms with Gasteiger partial charge in [-0.2, -0.15) is 5.10 Å². The van der Waals surface area contributed by atoms with E-state index in [1.165, 1.54) is 6.42 Å². The molecule has 0 bridgehead atoms. The lowest BCUT2D eigenvalue weighted by Gasteiger charge is -2.29. The van der Waals surface area contributed by atoms with E-state index in [9.17, 15) is 4.79 Å². The number of hydrogen-bond acceptors (Lipinski definition) is 3. The number of hydrogen-bond donors (Lipinski definition) is 2. The molecule has 18 heavy (non-hydrogen) atoms. The summed E-state index contributed by atoms with van der Waals surface area (Å²) in [7, 11) is 1.87. The Morgan fingerprint density at radius 2 is 2.33 bits per heavy atom. The molecule has 5 heteroatoms. The fraction of sp³-hybridized carbons (Fsp3) is 0.692.